The molecule has 0 atom stereocenters. The van der Waals surface area contributed by atoms with Crippen molar-refractivity contribution in [3.63, 3.8) is 0 Å². The molecule has 0 aliphatic rings. The van der Waals surface area contributed by atoms with Crippen LogP contribution in [0.4, 0.5) is 0 Å². The molecule has 0 fully saturated rings. The number of rotatable bonds is 3. The summed E-state index contributed by atoms with van der Waals surface area (Å²) in [4.78, 5) is 10.3. The van der Waals surface area contributed by atoms with Crippen LogP contribution in [0.15, 0.2) is 54.6 Å². The van der Waals surface area contributed by atoms with Gasteiger partial charge in [0.15, 0.2) is 7.14 Å². The SMILES string of the molecule is C[Si](C)(O)c1ccccc1[I+]c1ccccc1. The molecule has 0 aliphatic heterocycles. The van der Waals surface area contributed by atoms with Crippen LogP contribution in [-0.2, 0) is 0 Å². The summed E-state index contributed by atoms with van der Waals surface area (Å²) in [6.07, 6.45) is 0. The van der Waals surface area contributed by atoms with Gasteiger partial charge in [0.2, 0.25) is 8.32 Å². The first-order valence-corrected chi connectivity index (χ1v) is 10.7. The van der Waals surface area contributed by atoms with E-state index >= 15 is 0 Å². The van der Waals surface area contributed by atoms with Gasteiger partial charge in [0, 0.05) is 5.19 Å². The summed E-state index contributed by atoms with van der Waals surface area (Å²) < 4.78 is 2.76. The monoisotopic (exact) mass is 355 g/mol. The van der Waals surface area contributed by atoms with Crippen molar-refractivity contribution < 1.29 is 26.0 Å². The summed E-state index contributed by atoms with van der Waals surface area (Å²) in [5.41, 5.74) is 0. The second kappa shape index (κ2) is 5.33. The minimum absolute atomic E-state index is 0.184. The topological polar surface area (TPSA) is 20.2 Å². The standard InChI is InChI=1S/C14H16IOSi/c1-17(2,16)14-11-7-6-10-13(14)15-12-8-4-3-5-9-12/h3-11,16H,1-2H3/q+1. The molecule has 1 N–H and O–H groups in total. The van der Waals surface area contributed by atoms with Crippen LogP contribution in [0.3, 0.4) is 0 Å². The van der Waals surface area contributed by atoms with E-state index in [1.165, 1.54) is 12.3 Å². The van der Waals surface area contributed by atoms with E-state index in [-0.39, 0.29) is 21.2 Å². The highest BCUT2D eigenvalue weighted by molar-refractivity contribution is 6.83. The lowest BCUT2D eigenvalue weighted by atomic mass is 10.4. The molecule has 0 saturated heterocycles. The van der Waals surface area contributed by atoms with Crippen molar-refractivity contribution in [2.24, 2.45) is 0 Å². The Labute approximate surface area is 114 Å². The van der Waals surface area contributed by atoms with Gasteiger partial charge in [-0.2, -0.15) is 0 Å². The van der Waals surface area contributed by atoms with Crippen LogP contribution in [-0.4, -0.2) is 13.1 Å². The summed E-state index contributed by atoms with van der Waals surface area (Å²) in [6, 6.07) is 18.9. The Bertz CT molecular complexity index is 491. The summed E-state index contributed by atoms with van der Waals surface area (Å²) >= 11 is -0.184. The largest absolute Gasteiger partial charge is 0.428 e. The lowest BCUT2D eigenvalue weighted by Crippen LogP contribution is -3.62. The lowest BCUT2D eigenvalue weighted by Gasteiger charge is -2.13. The van der Waals surface area contributed by atoms with E-state index in [1.54, 1.807) is 0 Å². The first-order valence-electron chi connectivity index (χ1n) is 5.59. The van der Waals surface area contributed by atoms with Gasteiger partial charge in [-0.15, -0.1) is 0 Å². The molecule has 0 unspecified atom stereocenters. The van der Waals surface area contributed by atoms with Crippen molar-refractivity contribution in [3.05, 3.63) is 61.7 Å². The first-order chi connectivity index (χ1) is 8.07. The Morgan fingerprint density at radius 3 is 2.12 bits per heavy atom. The van der Waals surface area contributed by atoms with Gasteiger partial charge in [-0.3, -0.25) is 0 Å². The molecule has 2 aromatic rings. The summed E-state index contributed by atoms with van der Waals surface area (Å²) in [6.45, 7) is 3.97. The quantitative estimate of drug-likeness (QED) is 0.566. The average Bonchev–Trinajstić information content (AvgIpc) is 2.30. The molecule has 0 amide bonds. The lowest BCUT2D eigenvalue weighted by molar-refractivity contribution is -0.596. The summed E-state index contributed by atoms with van der Waals surface area (Å²) in [5.74, 6) is 0. The van der Waals surface area contributed by atoms with Gasteiger partial charge in [-0.1, -0.05) is 36.4 Å². The smallest absolute Gasteiger partial charge is 0.357 e. The van der Waals surface area contributed by atoms with Crippen molar-refractivity contribution in [1.29, 1.82) is 0 Å². The van der Waals surface area contributed by atoms with Crippen LogP contribution in [0.25, 0.3) is 0 Å². The van der Waals surface area contributed by atoms with Crippen molar-refractivity contribution in [2.75, 3.05) is 0 Å². The van der Waals surface area contributed by atoms with Crippen LogP contribution >= 0.6 is 0 Å². The molecule has 0 radical (unpaired) electrons. The van der Waals surface area contributed by atoms with Gasteiger partial charge >= 0.3 is 21.2 Å². The van der Waals surface area contributed by atoms with Crippen molar-refractivity contribution in [3.8, 4) is 0 Å². The first kappa shape index (κ1) is 12.8. The Morgan fingerprint density at radius 1 is 0.882 bits per heavy atom. The third kappa shape index (κ3) is 3.40. The zero-order chi connectivity index (χ0) is 12.3. The number of benzene rings is 2. The van der Waals surface area contributed by atoms with Crippen molar-refractivity contribution in [2.45, 2.75) is 13.1 Å². The highest BCUT2D eigenvalue weighted by Gasteiger charge is 2.30. The second-order valence-electron chi connectivity index (χ2n) is 4.43. The van der Waals surface area contributed by atoms with Crippen LogP contribution in [0.2, 0.25) is 13.1 Å². The zero-order valence-electron chi connectivity index (χ0n) is 10.0. The van der Waals surface area contributed by atoms with E-state index in [4.69, 9.17) is 0 Å². The van der Waals surface area contributed by atoms with E-state index in [1.807, 2.05) is 25.2 Å². The fourth-order valence-electron chi connectivity index (χ4n) is 1.63. The molecule has 0 aromatic heterocycles. The molecule has 0 spiro atoms. The fourth-order valence-corrected chi connectivity index (χ4v) is 7.41. The molecule has 3 heteroatoms. The van der Waals surface area contributed by atoms with Crippen LogP contribution in [0, 0.1) is 7.14 Å². The molecular weight excluding hydrogens is 339 g/mol. The van der Waals surface area contributed by atoms with E-state index in [0.717, 1.165) is 0 Å². The Balaban J connectivity index is 2.34. The predicted molar refractivity (Wildman–Crippen MR) is 69.6 cm³/mol. The van der Waals surface area contributed by atoms with Crippen LogP contribution in [0.5, 0.6) is 0 Å². The van der Waals surface area contributed by atoms with Crippen molar-refractivity contribution >= 4 is 13.5 Å². The predicted octanol–water partition coefficient (Wildman–Crippen LogP) is -0.781. The number of halogens is 1. The van der Waals surface area contributed by atoms with Crippen LogP contribution in [0.1, 0.15) is 0 Å². The van der Waals surface area contributed by atoms with E-state index in [2.05, 4.69) is 42.5 Å². The molecular formula is C14H16IOSi+. The van der Waals surface area contributed by atoms with Gasteiger partial charge in [-0.25, -0.2) is 0 Å². The molecule has 2 rings (SSSR count). The minimum atomic E-state index is -2.20. The molecule has 1 nitrogen and oxygen atoms in total. The molecule has 0 bridgehead atoms. The van der Waals surface area contributed by atoms with Gasteiger partial charge in [0.25, 0.3) is 0 Å². The number of hydrogen-bond acceptors (Lipinski definition) is 1. The summed E-state index contributed by atoms with van der Waals surface area (Å²) in [7, 11) is -2.20. The third-order valence-electron chi connectivity index (χ3n) is 2.48. The number of hydrogen-bond donors (Lipinski definition) is 1. The molecule has 88 valence electrons. The second-order valence-corrected chi connectivity index (χ2v) is 11.0. The maximum Gasteiger partial charge on any atom is 0.357 e. The third-order valence-corrected chi connectivity index (χ3v) is 7.60. The van der Waals surface area contributed by atoms with Gasteiger partial charge in [-0.05, 0) is 31.3 Å². The Kier molecular flexibility index (Phi) is 4.01. The van der Waals surface area contributed by atoms with E-state index in [9.17, 15) is 4.80 Å². The minimum Gasteiger partial charge on any atom is -0.428 e. The Morgan fingerprint density at radius 2 is 1.47 bits per heavy atom. The van der Waals surface area contributed by atoms with Crippen molar-refractivity contribution in [1.82, 2.24) is 0 Å². The molecule has 0 heterocycles. The Hall–Kier alpha value is -0.653. The summed E-state index contributed by atoms with van der Waals surface area (Å²) in [5, 5.41) is 1.19. The zero-order valence-corrected chi connectivity index (χ0v) is 13.2. The van der Waals surface area contributed by atoms with E-state index < -0.39 is 8.32 Å². The molecule has 17 heavy (non-hydrogen) atoms. The van der Waals surface area contributed by atoms with Crippen LogP contribution < -0.4 is 26.4 Å². The highest BCUT2D eigenvalue weighted by Crippen LogP contribution is 1.97. The fraction of sp³-hybridized carbons (Fsp3) is 0.143. The molecule has 0 saturated carbocycles. The average molecular weight is 355 g/mol. The normalized spacial score (nSPS) is 11.5. The molecule has 0 aliphatic carbocycles. The van der Waals surface area contributed by atoms with Gasteiger partial charge < -0.3 is 4.80 Å². The maximum atomic E-state index is 10.3. The maximum absolute atomic E-state index is 10.3. The van der Waals surface area contributed by atoms with E-state index in [0.29, 0.717) is 0 Å². The van der Waals surface area contributed by atoms with Gasteiger partial charge in [0.05, 0.1) is 0 Å². The highest BCUT2D eigenvalue weighted by atomic mass is 127. The molecule has 2 aromatic carbocycles. The van der Waals surface area contributed by atoms with Gasteiger partial charge in [0.1, 0.15) is 0 Å².